The number of nitrogens with two attached hydrogens (primary N) is 1. The molecule has 0 radical (unpaired) electrons. The van der Waals surface area contributed by atoms with E-state index in [1.54, 1.807) is 0 Å². The molecule has 0 spiro atoms. The number of rotatable bonds is 4. The fraction of sp³-hybridized carbons (Fsp3) is 0.923. The molecule has 2 nitrogen and oxygen atoms in total. The van der Waals surface area contributed by atoms with Crippen LogP contribution in [0.5, 0.6) is 0 Å². The van der Waals surface area contributed by atoms with E-state index in [0.717, 1.165) is 25.7 Å². The Morgan fingerprint density at radius 3 is 2.27 bits per heavy atom. The van der Waals surface area contributed by atoms with E-state index in [0.29, 0.717) is 5.78 Å². The second-order valence-corrected chi connectivity index (χ2v) is 5.22. The van der Waals surface area contributed by atoms with E-state index in [-0.39, 0.29) is 5.92 Å². The summed E-state index contributed by atoms with van der Waals surface area (Å²) in [5.74, 6) is 0.556. The number of carbonyl (C=O) groups excluding carboxylic acids is 1. The van der Waals surface area contributed by atoms with E-state index >= 15 is 0 Å². The van der Waals surface area contributed by atoms with Crippen LogP contribution in [0.25, 0.3) is 0 Å². The second kappa shape index (κ2) is 5.64. The molecule has 0 aromatic rings. The molecule has 1 unspecified atom stereocenters. The Balaban J connectivity index is 2.56. The van der Waals surface area contributed by atoms with E-state index in [1.807, 2.05) is 6.92 Å². The first kappa shape index (κ1) is 12.7. The normalized spacial score (nSPS) is 23.1. The number of Topliss-reactive ketones (excluding diaryl/α,β-unsaturated/α-hetero) is 1. The van der Waals surface area contributed by atoms with Crippen LogP contribution in [0.15, 0.2) is 0 Å². The summed E-state index contributed by atoms with van der Waals surface area (Å²) in [5, 5.41) is 0. The highest BCUT2D eigenvalue weighted by Crippen LogP contribution is 2.27. The van der Waals surface area contributed by atoms with Crippen LogP contribution < -0.4 is 5.73 Å². The fourth-order valence-electron chi connectivity index (χ4n) is 2.65. The molecule has 1 fully saturated rings. The molecule has 2 N–H and O–H groups in total. The number of hydrogen-bond acceptors (Lipinski definition) is 2. The van der Waals surface area contributed by atoms with Gasteiger partial charge in [0, 0.05) is 5.92 Å². The molecule has 1 aliphatic carbocycles. The van der Waals surface area contributed by atoms with E-state index in [9.17, 15) is 4.79 Å². The Morgan fingerprint density at radius 1 is 1.27 bits per heavy atom. The maximum atomic E-state index is 12.2. The van der Waals surface area contributed by atoms with Crippen molar-refractivity contribution in [3.63, 3.8) is 0 Å². The lowest BCUT2D eigenvalue weighted by Crippen LogP contribution is -2.48. The lowest BCUT2D eigenvalue weighted by atomic mass is 9.81. The summed E-state index contributed by atoms with van der Waals surface area (Å²) < 4.78 is 0. The zero-order valence-electron chi connectivity index (χ0n) is 10.2. The molecule has 88 valence electrons. The maximum Gasteiger partial charge on any atom is 0.155 e. The van der Waals surface area contributed by atoms with Gasteiger partial charge in [0.2, 0.25) is 0 Å². The van der Waals surface area contributed by atoms with Gasteiger partial charge in [-0.2, -0.15) is 0 Å². The topological polar surface area (TPSA) is 43.1 Å². The summed E-state index contributed by atoms with van der Waals surface area (Å²) in [4.78, 5) is 12.2. The second-order valence-electron chi connectivity index (χ2n) is 5.22. The third-order valence-electron chi connectivity index (χ3n) is 3.56. The van der Waals surface area contributed by atoms with Gasteiger partial charge in [-0.1, -0.05) is 39.0 Å². The summed E-state index contributed by atoms with van der Waals surface area (Å²) in [6, 6.07) is 0. The summed E-state index contributed by atoms with van der Waals surface area (Å²) in [7, 11) is 0. The predicted octanol–water partition coefficient (Wildman–Crippen LogP) is 3.04. The van der Waals surface area contributed by atoms with Gasteiger partial charge < -0.3 is 5.73 Å². The first-order valence-electron chi connectivity index (χ1n) is 6.41. The largest absolute Gasteiger partial charge is 0.319 e. The predicted molar refractivity (Wildman–Crippen MR) is 63.7 cm³/mol. The van der Waals surface area contributed by atoms with Gasteiger partial charge in [-0.05, 0) is 26.2 Å². The van der Waals surface area contributed by atoms with Gasteiger partial charge in [0.25, 0.3) is 0 Å². The van der Waals surface area contributed by atoms with Crippen molar-refractivity contribution in [2.24, 2.45) is 11.7 Å². The molecule has 0 heterocycles. The van der Waals surface area contributed by atoms with Crippen molar-refractivity contribution in [1.29, 1.82) is 0 Å². The molecule has 0 aromatic heterocycles. The molecule has 0 saturated heterocycles. The lowest BCUT2D eigenvalue weighted by Gasteiger charge is -2.27. The first-order chi connectivity index (χ1) is 7.08. The van der Waals surface area contributed by atoms with E-state index in [2.05, 4.69) is 6.92 Å². The number of carbonyl (C=O) groups is 1. The molecular formula is C13H25NO. The molecule has 1 atom stereocenters. The van der Waals surface area contributed by atoms with Crippen molar-refractivity contribution >= 4 is 5.78 Å². The van der Waals surface area contributed by atoms with E-state index in [1.165, 1.54) is 25.7 Å². The Morgan fingerprint density at radius 2 is 1.80 bits per heavy atom. The van der Waals surface area contributed by atoms with Crippen LogP contribution in [0, 0.1) is 5.92 Å². The van der Waals surface area contributed by atoms with Crippen LogP contribution in [-0.4, -0.2) is 11.3 Å². The van der Waals surface area contributed by atoms with E-state index in [4.69, 9.17) is 5.73 Å². The van der Waals surface area contributed by atoms with Crippen molar-refractivity contribution in [3.8, 4) is 0 Å². The van der Waals surface area contributed by atoms with Crippen LogP contribution >= 0.6 is 0 Å². The Bertz CT molecular complexity index is 203. The van der Waals surface area contributed by atoms with Gasteiger partial charge in [-0.3, -0.25) is 4.79 Å². The molecule has 0 bridgehead atoms. The molecule has 1 aliphatic rings. The zero-order chi connectivity index (χ0) is 11.3. The Labute approximate surface area is 93.6 Å². The van der Waals surface area contributed by atoms with Gasteiger partial charge in [0.05, 0.1) is 5.54 Å². The molecule has 0 aromatic carbocycles. The molecular weight excluding hydrogens is 186 g/mol. The molecule has 1 rings (SSSR count). The summed E-state index contributed by atoms with van der Waals surface area (Å²) in [6.07, 6.45) is 8.94. The minimum atomic E-state index is -0.580. The molecule has 15 heavy (non-hydrogen) atoms. The third-order valence-corrected chi connectivity index (χ3v) is 3.56. The van der Waals surface area contributed by atoms with Crippen LogP contribution in [0.2, 0.25) is 0 Å². The maximum absolute atomic E-state index is 12.2. The zero-order valence-corrected chi connectivity index (χ0v) is 10.2. The fourth-order valence-corrected chi connectivity index (χ4v) is 2.65. The summed E-state index contributed by atoms with van der Waals surface area (Å²) in [5.41, 5.74) is 5.52. The van der Waals surface area contributed by atoms with Crippen LogP contribution in [-0.2, 0) is 4.79 Å². The van der Waals surface area contributed by atoms with Crippen molar-refractivity contribution < 1.29 is 4.79 Å². The summed E-state index contributed by atoms with van der Waals surface area (Å²) >= 11 is 0. The number of hydrogen-bond donors (Lipinski definition) is 1. The Kier molecular flexibility index (Phi) is 4.78. The van der Waals surface area contributed by atoms with Gasteiger partial charge >= 0.3 is 0 Å². The minimum absolute atomic E-state index is 0.244. The van der Waals surface area contributed by atoms with Crippen molar-refractivity contribution in [2.45, 2.75) is 70.8 Å². The average Bonchev–Trinajstić information content (AvgIpc) is 2.44. The monoisotopic (exact) mass is 211 g/mol. The van der Waals surface area contributed by atoms with Crippen molar-refractivity contribution in [1.82, 2.24) is 0 Å². The molecule has 1 saturated carbocycles. The first-order valence-corrected chi connectivity index (χ1v) is 6.41. The quantitative estimate of drug-likeness (QED) is 0.726. The van der Waals surface area contributed by atoms with E-state index < -0.39 is 5.54 Å². The average molecular weight is 211 g/mol. The van der Waals surface area contributed by atoms with Gasteiger partial charge in [-0.25, -0.2) is 0 Å². The standard InChI is InChI=1S/C13H25NO/c1-3-10-13(2,14)12(15)11-8-6-4-5-7-9-11/h11H,3-10,14H2,1-2H3. The molecule has 0 amide bonds. The SMILES string of the molecule is CCCC(C)(N)C(=O)C1CCCCCC1. The van der Waals surface area contributed by atoms with Crippen LogP contribution in [0.3, 0.4) is 0 Å². The van der Waals surface area contributed by atoms with Crippen LogP contribution in [0.4, 0.5) is 0 Å². The van der Waals surface area contributed by atoms with Gasteiger partial charge in [0.15, 0.2) is 5.78 Å². The van der Waals surface area contributed by atoms with Crippen molar-refractivity contribution in [2.75, 3.05) is 0 Å². The molecule has 0 aliphatic heterocycles. The Hall–Kier alpha value is -0.370. The summed E-state index contributed by atoms with van der Waals surface area (Å²) in [6.45, 7) is 4.00. The van der Waals surface area contributed by atoms with Crippen molar-refractivity contribution in [3.05, 3.63) is 0 Å². The van der Waals surface area contributed by atoms with Gasteiger partial charge in [0.1, 0.15) is 0 Å². The lowest BCUT2D eigenvalue weighted by molar-refractivity contribution is -0.128. The highest BCUT2D eigenvalue weighted by molar-refractivity contribution is 5.89. The highest BCUT2D eigenvalue weighted by atomic mass is 16.1. The molecule has 2 heteroatoms. The smallest absolute Gasteiger partial charge is 0.155 e. The highest BCUT2D eigenvalue weighted by Gasteiger charge is 2.33. The minimum Gasteiger partial charge on any atom is -0.319 e. The van der Waals surface area contributed by atoms with Crippen LogP contribution in [0.1, 0.15) is 65.2 Å². The number of ketones is 1. The van der Waals surface area contributed by atoms with Gasteiger partial charge in [-0.15, -0.1) is 0 Å². The third kappa shape index (κ3) is 3.60.